The number of likely N-dealkylation sites (N-methyl/N-ethyl adjacent to an activating group) is 1. The maximum Gasteiger partial charge on any atom is 0.317 e. The maximum absolute atomic E-state index is 12.1. The van der Waals surface area contributed by atoms with Crippen LogP contribution < -0.4 is 5.32 Å². The molecule has 0 spiro atoms. The molecule has 2 fully saturated rings. The van der Waals surface area contributed by atoms with E-state index in [4.69, 9.17) is 5.11 Å². The van der Waals surface area contributed by atoms with Gasteiger partial charge in [-0.05, 0) is 31.7 Å². The Kier molecular flexibility index (Phi) is 5.45. The average molecular weight is 297 g/mol. The molecule has 1 atom stereocenters. The first kappa shape index (κ1) is 16.1. The Morgan fingerprint density at radius 2 is 2.05 bits per heavy atom. The number of likely N-dealkylation sites (tertiary alicyclic amines) is 1. The number of carbonyl (C=O) groups excluding carboxylic acids is 1. The van der Waals surface area contributed by atoms with Crippen molar-refractivity contribution in [1.82, 2.24) is 15.1 Å². The molecule has 0 aromatic rings. The van der Waals surface area contributed by atoms with Gasteiger partial charge in [-0.25, -0.2) is 4.79 Å². The van der Waals surface area contributed by atoms with Crippen molar-refractivity contribution in [2.45, 2.75) is 51.6 Å². The summed E-state index contributed by atoms with van der Waals surface area (Å²) in [4.78, 5) is 26.8. The normalized spacial score (nSPS) is 28.5. The maximum atomic E-state index is 12.1. The number of aliphatic carboxylic acids is 1. The molecule has 1 aliphatic heterocycles. The summed E-state index contributed by atoms with van der Waals surface area (Å²) in [5, 5.41) is 11.9. The largest absolute Gasteiger partial charge is 0.480 e. The van der Waals surface area contributed by atoms with Crippen LogP contribution in [0, 0.1) is 5.92 Å². The highest BCUT2D eigenvalue weighted by Crippen LogP contribution is 2.26. The molecule has 6 heteroatoms. The second-order valence-electron chi connectivity index (χ2n) is 6.24. The van der Waals surface area contributed by atoms with Crippen molar-refractivity contribution in [2.75, 3.05) is 26.2 Å². The Morgan fingerprint density at radius 1 is 1.33 bits per heavy atom. The first-order valence-electron chi connectivity index (χ1n) is 8.04. The third kappa shape index (κ3) is 4.09. The molecular weight excluding hydrogens is 270 g/mol. The Labute approximate surface area is 126 Å². The van der Waals surface area contributed by atoms with E-state index in [1.807, 2.05) is 16.7 Å². The van der Waals surface area contributed by atoms with Gasteiger partial charge in [-0.2, -0.15) is 0 Å². The van der Waals surface area contributed by atoms with Crippen LogP contribution in [0.4, 0.5) is 4.79 Å². The Morgan fingerprint density at radius 3 is 2.57 bits per heavy atom. The van der Waals surface area contributed by atoms with Crippen LogP contribution in [0.1, 0.15) is 39.5 Å². The standard InChI is InChI=1S/C15H27N3O3/c1-3-11-5-6-18(9-11)15(21)16-12-7-13(8-12)17(4-2)10-14(19)20/h11-13H,3-10H2,1-2H3,(H,16,21)(H,19,20). The molecule has 1 unspecified atom stereocenters. The summed E-state index contributed by atoms with van der Waals surface area (Å²) < 4.78 is 0. The second kappa shape index (κ2) is 7.11. The van der Waals surface area contributed by atoms with Crippen LogP contribution in [0.3, 0.4) is 0 Å². The van der Waals surface area contributed by atoms with Gasteiger partial charge in [-0.3, -0.25) is 9.69 Å². The summed E-state index contributed by atoms with van der Waals surface area (Å²) >= 11 is 0. The molecule has 1 saturated carbocycles. The fraction of sp³-hybridized carbons (Fsp3) is 0.867. The lowest BCUT2D eigenvalue weighted by atomic mass is 9.85. The van der Waals surface area contributed by atoms with Crippen molar-refractivity contribution in [3.8, 4) is 0 Å². The molecule has 0 radical (unpaired) electrons. The van der Waals surface area contributed by atoms with Gasteiger partial charge in [-0.15, -0.1) is 0 Å². The zero-order valence-corrected chi connectivity index (χ0v) is 13.0. The van der Waals surface area contributed by atoms with Gasteiger partial charge in [0.05, 0.1) is 6.54 Å². The lowest BCUT2D eigenvalue weighted by molar-refractivity contribution is -0.139. The molecular formula is C15H27N3O3. The van der Waals surface area contributed by atoms with Gasteiger partial charge in [-0.1, -0.05) is 20.3 Å². The molecule has 1 aliphatic carbocycles. The number of nitrogens with one attached hydrogen (secondary N) is 1. The van der Waals surface area contributed by atoms with Crippen molar-refractivity contribution >= 4 is 12.0 Å². The molecule has 2 aliphatic rings. The number of urea groups is 1. The van der Waals surface area contributed by atoms with Crippen LogP contribution in [0.15, 0.2) is 0 Å². The number of carbonyl (C=O) groups is 2. The Balaban J connectivity index is 1.70. The summed E-state index contributed by atoms with van der Waals surface area (Å²) in [5.74, 6) is -0.136. The van der Waals surface area contributed by atoms with Gasteiger partial charge in [0, 0.05) is 25.2 Å². The molecule has 0 aromatic heterocycles. The van der Waals surface area contributed by atoms with E-state index in [1.165, 1.54) is 0 Å². The van der Waals surface area contributed by atoms with Crippen molar-refractivity contribution in [2.24, 2.45) is 5.92 Å². The van der Waals surface area contributed by atoms with Crippen LogP contribution in [0.25, 0.3) is 0 Å². The van der Waals surface area contributed by atoms with Crippen molar-refractivity contribution < 1.29 is 14.7 Å². The topological polar surface area (TPSA) is 72.9 Å². The highest BCUT2D eigenvalue weighted by Gasteiger charge is 2.36. The molecule has 1 heterocycles. The fourth-order valence-electron chi connectivity index (χ4n) is 3.29. The van der Waals surface area contributed by atoms with E-state index >= 15 is 0 Å². The van der Waals surface area contributed by atoms with Crippen molar-refractivity contribution in [3.05, 3.63) is 0 Å². The molecule has 21 heavy (non-hydrogen) atoms. The summed E-state index contributed by atoms with van der Waals surface area (Å²) in [5.41, 5.74) is 0. The minimum Gasteiger partial charge on any atom is -0.480 e. The monoisotopic (exact) mass is 297 g/mol. The lowest BCUT2D eigenvalue weighted by Gasteiger charge is -2.42. The first-order chi connectivity index (χ1) is 10.0. The highest BCUT2D eigenvalue weighted by molar-refractivity contribution is 5.75. The summed E-state index contributed by atoms with van der Waals surface area (Å²) in [6.07, 6.45) is 3.96. The summed E-state index contributed by atoms with van der Waals surface area (Å²) in [6.45, 7) is 6.71. The minimum atomic E-state index is -0.785. The van der Waals surface area contributed by atoms with Gasteiger partial charge < -0.3 is 15.3 Å². The zero-order chi connectivity index (χ0) is 15.4. The van der Waals surface area contributed by atoms with Crippen LogP contribution in [0.5, 0.6) is 0 Å². The molecule has 1 saturated heterocycles. The van der Waals surface area contributed by atoms with E-state index in [2.05, 4.69) is 12.2 Å². The van der Waals surface area contributed by atoms with E-state index in [0.29, 0.717) is 12.0 Å². The summed E-state index contributed by atoms with van der Waals surface area (Å²) in [6, 6.07) is 0.542. The molecule has 0 aromatic carbocycles. The molecule has 0 bridgehead atoms. The molecule has 120 valence electrons. The van der Waals surface area contributed by atoms with E-state index in [9.17, 15) is 9.59 Å². The van der Waals surface area contributed by atoms with Gasteiger partial charge in [0.1, 0.15) is 0 Å². The van der Waals surface area contributed by atoms with E-state index in [0.717, 1.165) is 45.3 Å². The molecule has 2 rings (SSSR count). The van der Waals surface area contributed by atoms with Crippen molar-refractivity contribution in [1.29, 1.82) is 0 Å². The van der Waals surface area contributed by atoms with Crippen LogP contribution in [-0.2, 0) is 4.79 Å². The predicted molar refractivity (Wildman–Crippen MR) is 80.2 cm³/mol. The van der Waals surface area contributed by atoms with Crippen molar-refractivity contribution in [3.63, 3.8) is 0 Å². The van der Waals surface area contributed by atoms with E-state index in [-0.39, 0.29) is 18.6 Å². The quantitative estimate of drug-likeness (QED) is 0.776. The Hall–Kier alpha value is -1.30. The minimum absolute atomic E-state index is 0.0516. The lowest BCUT2D eigenvalue weighted by Crippen LogP contribution is -2.56. The van der Waals surface area contributed by atoms with Gasteiger partial charge in [0.25, 0.3) is 0 Å². The van der Waals surface area contributed by atoms with E-state index in [1.54, 1.807) is 0 Å². The third-order valence-electron chi connectivity index (χ3n) is 4.85. The molecule has 2 amide bonds. The van der Waals surface area contributed by atoms with Gasteiger partial charge in [0.2, 0.25) is 0 Å². The van der Waals surface area contributed by atoms with E-state index < -0.39 is 5.97 Å². The zero-order valence-electron chi connectivity index (χ0n) is 13.0. The number of rotatable bonds is 6. The number of hydrogen-bond donors (Lipinski definition) is 2. The SMILES string of the molecule is CCC1CCN(C(=O)NC2CC(N(CC)CC(=O)O)C2)C1. The predicted octanol–water partition coefficient (Wildman–Crippen LogP) is 1.37. The number of carboxylic acid groups (broad SMARTS) is 1. The van der Waals surface area contributed by atoms with Gasteiger partial charge >= 0.3 is 12.0 Å². The number of nitrogens with zero attached hydrogens (tertiary/aromatic N) is 2. The highest BCUT2D eigenvalue weighted by atomic mass is 16.4. The number of amides is 2. The number of hydrogen-bond acceptors (Lipinski definition) is 3. The smallest absolute Gasteiger partial charge is 0.317 e. The second-order valence-corrected chi connectivity index (χ2v) is 6.24. The van der Waals surface area contributed by atoms with Crippen LogP contribution in [0.2, 0.25) is 0 Å². The summed E-state index contributed by atoms with van der Waals surface area (Å²) in [7, 11) is 0. The van der Waals surface area contributed by atoms with Gasteiger partial charge in [0.15, 0.2) is 0 Å². The number of carboxylic acids is 1. The first-order valence-corrected chi connectivity index (χ1v) is 8.04. The van der Waals surface area contributed by atoms with Crippen LogP contribution in [-0.4, -0.2) is 65.2 Å². The molecule has 2 N–H and O–H groups in total. The fourth-order valence-corrected chi connectivity index (χ4v) is 3.29. The molecule has 6 nitrogen and oxygen atoms in total. The average Bonchev–Trinajstić information content (AvgIpc) is 2.88. The third-order valence-corrected chi connectivity index (χ3v) is 4.85. The van der Waals surface area contributed by atoms with Crippen LogP contribution >= 0.6 is 0 Å². The Bertz CT molecular complexity index is 382.